The summed E-state index contributed by atoms with van der Waals surface area (Å²) >= 11 is 0. The Labute approximate surface area is 139 Å². The molecule has 3 N–H and O–H groups in total. The van der Waals surface area contributed by atoms with Crippen LogP contribution in [0.15, 0.2) is 52.9 Å². The maximum atomic E-state index is 10.8. The third kappa shape index (κ3) is 3.49. The van der Waals surface area contributed by atoms with Crippen molar-refractivity contribution in [3.63, 3.8) is 0 Å². The highest BCUT2D eigenvalue weighted by Gasteiger charge is 2.13. The molecule has 6 heteroatoms. The van der Waals surface area contributed by atoms with E-state index in [2.05, 4.69) is 10.2 Å². The van der Waals surface area contributed by atoms with Gasteiger partial charge in [-0.15, -0.1) is 10.2 Å². The van der Waals surface area contributed by atoms with Crippen molar-refractivity contribution in [1.29, 1.82) is 0 Å². The lowest BCUT2D eigenvalue weighted by molar-refractivity contribution is -0.138. The maximum absolute atomic E-state index is 10.8. The fraction of sp³-hybridized carbons (Fsp3) is 0.167. The highest BCUT2D eigenvalue weighted by molar-refractivity contribution is 5.73. The Bertz CT molecular complexity index is 839. The van der Waals surface area contributed by atoms with E-state index in [1.807, 2.05) is 55.5 Å². The molecule has 0 aliphatic carbocycles. The van der Waals surface area contributed by atoms with Crippen LogP contribution in [0.25, 0.3) is 22.9 Å². The Morgan fingerprint density at radius 2 is 1.54 bits per heavy atom. The molecule has 1 atom stereocenters. The van der Waals surface area contributed by atoms with Crippen LogP contribution in [-0.4, -0.2) is 27.3 Å². The molecule has 0 spiro atoms. The van der Waals surface area contributed by atoms with E-state index in [9.17, 15) is 4.79 Å². The number of nitrogens with two attached hydrogens (primary N) is 1. The van der Waals surface area contributed by atoms with Gasteiger partial charge >= 0.3 is 5.97 Å². The van der Waals surface area contributed by atoms with Gasteiger partial charge in [-0.25, -0.2) is 0 Å². The molecule has 0 saturated carbocycles. The lowest BCUT2D eigenvalue weighted by Crippen LogP contribution is -2.32. The zero-order chi connectivity index (χ0) is 17.1. The van der Waals surface area contributed by atoms with Gasteiger partial charge in [-0.1, -0.05) is 29.8 Å². The van der Waals surface area contributed by atoms with Crippen molar-refractivity contribution < 1.29 is 14.3 Å². The average Bonchev–Trinajstić information content (AvgIpc) is 3.06. The van der Waals surface area contributed by atoms with Gasteiger partial charge in [0.05, 0.1) is 0 Å². The minimum absolute atomic E-state index is 0.272. The van der Waals surface area contributed by atoms with Crippen LogP contribution in [0.2, 0.25) is 0 Å². The van der Waals surface area contributed by atoms with Gasteiger partial charge in [0.2, 0.25) is 11.8 Å². The molecule has 0 amide bonds. The van der Waals surface area contributed by atoms with Gasteiger partial charge in [-0.2, -0.15) is 0 Å². The molecule has 0 saturated heterocycles. The molecule has 0 fully saturated rings. The van der Waals surface area contributed by atoms with Crippen molar-refractivity contribution in [3.8, 4) is 22.9 Å². The van der Waals surface area contributed by atoms with E-state index in [1.54, 1.807) is 0 Å². The Kier molecular flexibility index (Phi) is 4.39. The number of carbonyl (C=O) groups is 1. The van der Waals surface area contributed by atoms with E-state index in [4.69, 9.17) is 15.3 Å². The summed E-state index contributed by atoms with van der Waals surface area (Å²) in [5.74, 6) is -0.139. The summed E-state index contributed by atoms with van der Waals surface area (Å²) in [6.07, 6.45) is 0.272. The second kappa shape index (κ2) is 6.64. The van der Waals surface area contributed by atoms with Crippen molar-refractivity contribution in [3.05, 3.63) is 59.7 Å². The number of hydrogen-bond acceptors (Lipinski definition) is 5. The lowest BCUT2D eigenvalue weighted by Gasteiger charge is -2.06. The largest absolute Gasteiger partial charge is 0.480 e. The number of benzene rings is 2. The predicted molar refractivity (Wildman–Crippen MR) is 89.2 cm³/mol. The van der Waals surface area contributed by atoms with Crippen LogP contribution in [0.3, 0.4) is 0 Å². The monoisotopic (exact) mass is 323 g/mol. The van der Waals surface area contributed by atoms with Crippen molar-refractivity contribution in [2.24, 2.45) is 5.73 Å². The molecule has 1 heterocycles. The van der Waals surface area contributed by atoms with Gasteiger partial charge in [0.1, 0.15) is 6.04 Å². The van der Waals surface area contributed by atoms with Gasteiger partial charge in [-0.05, 0) is 43.2 Å². The number of aryl methyl sites for hydroxylation is 1. The molecule has 122 valence electrons. The van der Waals surface area contributed by atoms with Crippen molar-refractivity contribution >= 4 is 5.97 Å². The number of carboxylic acid groups (broad SMARTS) is 1. The third-order valence-corrected chi connectivity index (χ3v) is 3.70. The van der Waals surface area contributed by atoms with Crippen LogP contribution in [0.5, 0.6) is 0 Å². The number of hydrogen-bond donors (Lipinski definition) is 2. The molecule has 0 aliphatic rings. The standard InChI is InChI=1S/C18H17N3O3/c1-11-2-6-13(7-3-11)16-20-21-17(24-16)14-8-4-12(5-9-14)10-15(19)18(22)23/h2-9,15H,10,19H2,1H3,(H,22,23)/t15-/m0/s1. The molecular weight excluding hydrogens is 306 g/mol. The van der Waals surface area contributed by atoms with Gasteiger partial charge in [-0.3, -0.25) is 4.79 Å². The first-order valence-electron chi connectivity index (χ1n) is 7.51. The Hall–Kier alpha value is -2.99. The summed E-state index contributed by atoms with van der Waals surface area (Å²) in [4.78, 5) is 10.8. The van der Waals surface area contributed by atoms with E-state index in [0.29, 0.717) is 11.8 Å². The van der Waals surface area contributed by atoms with E-state index >= 15 is 0 Å². The van der Waals surface area contributed by atoms with Crippen LogP contribution in [0.1, 0.15) is 11.1 Å². The van der Waals surface area contributed by atoms with Crippen molar-refractivity contribution in [1.82, 2.24) is 10.2 Å². The molecule has 1 aromatic heterocycles. The first-order valence-corrected chi connectivity index (χ1v) is 7.51. The highest BCUT2D eigenvalue weighted by Crippen LogP contribution is 2.24. The minimum atomic E-state index is -1.02. The molecule has 0 radical (unpaired) electrons. The van der Waals surface area contributed by atoms with E-state index in [-0.39, 0.29) is 6.42 Å². The summed E-state index contributed by atoms with van der Waals surface area (Å²) in [7, 11) is 0. The molecule has 0 aliphatic heterocycles. The van der Waals surface area contributed by atoms with Crippen molar-refractivity contribution in [2.45, 2.75) is 19.4 Å². The number of carboxylic acids is 1. The summed E-state index contributed by atoms with van der Waals surface area (Å²) in [6.45, 7) is 2.01. The number of nitrogens with zero attached hydrogens (tertiary/aromatic N) is 2. The Morgan fingerprint density at radius 3 is 2.04 bits per heavy atom. The summed E-state index contributed by atoms with van der Waals surface area (Å²) in [6, 6.07) is 14.2. The number of rotatable bonds is 5. The van der Waals surface area contributed by atoms with Gasteiger partial charge in [0.15, 0.2) is 0 Å². The van der Waals surface area contributed by atoms with Crippen molar-refractivity contribution in [2.75, 3.05) is 0 Å². The fourth-order valence-electron chi connectivity index (χ4n) is 2.28. The third-order valence-electron chi connectivity index (χ3n) is 3.70. The number of aromatic nitrogens is 2. The molecule has 24 heavy (non-hydrogen) atoms. The topological polar surface area (TPSA) is 102 Å². The highest BCUT2D eigenvalue weighted by atomic mass is 16.4. The van der Waals surface area contributed by atoms with Gasteiger partial charge < -0.3 is 15.3 Å². The van der Waals surface area contributed by atoms with E-state index in [1.165, 1.54) is 0 Å². The lowest BCUT2D eigenvalue weighted by atomic mass is 10.0. The summed E-state index contributed by atoms with van der Waals surface area (Å²) in [5.41, 5.74) is 9.17. The van der Waals surface area contributed by atoms with Gasteiger partial charge in [0, 0.05) is 11.1 Å². The van der Waals surface area contributed by atoms with Crippen LogP contribution in [0, 0.1) is 6.92 Å². The molecular formula is C18H17N3O3. The second-order valence-corrected chi connectivity index (χ2v) is 5.62. The first-order chi connectivity index (χ1) is 11.5. The Balaban J connectivity index is 1.78. The molecule has 3 rings (SSSR count). The van der Waals surface area contributed by atoms with E-state index < -0.39 is 12.0 Å². The van der Waals surface area contributed by atoms with Crippen LogP contribution in [-0.2, 0) is 11.2 Å². The average molecular weight is 323 g/mol. The Morgan fingerprint density at radius 1 is 1.04 bits per heavy atom. The van der Waals surface area contributed by atoms with Gasteiger partial charge in [0.25, 0.3) is 0 Å². The first kappa shape index (κ1) is 15.9. The van der Waals surface area contributed by atoms with Crippen LogP contribution in [0.4, 0.5) is 0 Å². The fourth-order valence-corrected chi connectivity index (χ4v) is 2.28. The number of aliphatic carboxylic acids is 1. The SMILES string of the molecule is Cc1ccc(-c2nnc(-c3ccc(C[C@H](N)C(=O)O)cc3)o2)cc1. The summed E-state index contributed by atoms with van der Waals surface area (Å²) in [5, 5.41) is 17.0. The zero-order valence-electron chi connectivity index (χ0n) is 13.1. The van der Waals surface area contributed by atoms with E-state index in [0.717, 1.165) is 22.3 Å². The normalized spacial score (nSPS) is 12.1. The smallest absolute Gasteiger partial charge is 0.320 e. The minimum Gasteiger partial charge on any atom is -0.480 e. The molecule has 0 bridgehead atoms. The zero-order valence-corrected chi connectivity index (χ0v) is 13.1. The molecule has 0 unspecified atom stereocenters. The maximum Gasteiger partial charge on any atom is 0.320 e. The quantitative estimate of drug-likeness (QED) is 0.748. The second-order valence-electron chi connectivity index (χ2n) is 5.62. The summed E-state index contributed by atoms with van der Waals surface area (Å²) < 4.78 is 5.71. The molecule has 3 aromatic rings. The predicted octanol–water partition coefficient (Wildman–Crippen LogP) is 2.67. The van der Waals surface area contributed by atoms with Crippen LogP contribution < -0.4 is 5.73 Å². The molecule has 2 aromatic carbocycles. The molecule has 6 nitrogen and oxygen atoms in total. The van der Waals surface area contributed by atoms with Crippen LogP contribution >= 0.6 is 0 Å².